The number of likely N-dealkylation sites (N-methyl/N-ethyl adjacent to an activating group) is 1. The van der Waals surface area contributed by atoms with Gasteiger partial charge in [0.2, 0.25) is 0 Å². The fraction of sp³-hybridized carbons (Fsp3) is 0.278. The average Bonchev–Trinajstić information content (AvgIpc) is 2.60. The largest absolute Gasteiger partial charge is 0.497 e. The summed E-state index contributed by atoms with van der Waals surface area (Å²) in [6.45, 7) is 0.495. The van der Waals surface area contributed by atoms with E-state index < -0.39 is 0 Å². The van der Waals surface area contributed by atoms with Crippen molar-refractivity contribution in [3.05, 3.63) is 54.1 Å². The van der Waals surface area contributed by atoms with Gasteiger partial charge in [0.1, 0.15) is 17.2 Å². The molecule has 0 aliphatic heterocycles. The van der Waals surface area contributed by atoms with Crippen molar-refractivity contribution >= 4 is 5.91 Å². The van der Waals surface area contributed by atoms with E-state index in [0.29, 0.717) is 12.3 Å². The van der Waals surface area contributed by atoms with Gasteiger partial charge in [-0.1, -0.05) is 12.1 Å². The van der Waals surface area contributed by atoms with Gasteiger partial charge in [0.05, 0.1) is 14.2 Å². The van der Waals surface area contributed by atoms with E-state index in [1.165, 1.54) is 0 Å². The van der Waals surface area contributed by atoms with Crippen LogP contribution in [0.1, 0.15) is 5.56 Å². The Morgan fingerprint density at radius 1 is 0.957 bits per heavy atom. The number of amides is 1. The molecule has 0 N–H and O–H groups in total. The molecule has 2 aromatic rings. The predicted octanol–water partition coefficient (Wildman–Crippen LogP) is 2.74. The predicted molar refractivity (Wildman–Crippen MR) is 88.0 cm³/mol. The number of benzene rings is 2. The Morgan fingerprint density at radius 2 is 1.61 bits per heavy atom. The molecule has 0 unspecified atom stereocenters. The second-order valence-electron chi connectivity index (χ2n) is 5.07. The van der Waals surface area contributed by atoms with Crippen LogP contribution in [0.3, 0.4) is 0 Å². The van der Waals surface area contributed by atoms with E-state index in [-0.39, 0.29) is 12.5 Å². The molecule has 23 heavy (non-hydrogen) atoms. The maximum atomic E-state index is 12.1. The van der Waals surface area contributed by atoms with Gasteiger partial charge in [0.15, 0.2) is 6.61 Å². The van der Waals surface area contributed by atoms with Crippen molar-refractivity contribution in [2.45, 2.75) is 6.54 Å². The Morgan fingerprint density at radius 3 is 2.26 bits per heavy atom. The van der Waals surface area contributed by atoms with Crippen molar-refractivity contribution in [3.8, 4) is 17.2 Å². The molecule has 5 heteroatoms. The van der Waals surface area contributed by atoms with Crippen molar-refractivity contribution in [1.29, 1.82) is 0 Å². The molecule has 0 spiro atoms. The number of carbonyl (C=O) groups excluding carboxylic acids is 1. The summed E-state index contributed by atoms with van der Waals surface area (Å²) in [5.41, 5.74) is 1.00. The zero-order valence-electron chi connectivity index (χ0n) is 13.6. The lowest BCUT2D eigenvalue weighted by Crippen LogP contribution is -2.30. The van der Waals surface area contributed by atoms with Gasteiger partial charge in [-0.05, 0) is 42.0 Å². The number of rotatable bonds is 7. The van der Waals surface area contributed by atoms with E-state index in [4.69, 9.17) is 14.2 Å². The van der Waals surface area contributed by atoms with Crippen LogP contribution in [-0.2, 0) is 11.3 Å². The summed E-state index contributed by atoms with van der Waals surface area (Å²) >= 11 is 0. The molecule has 0 aliphatic carbocycles. The Balaban J connectivity index is 1.86. The quantitative estimate of drug-likeness (QED) is 0.788. The van der Waals surface area contributed by atoms with Crippen LogP contribution in [0.25, 0.3) is 0 Å². The van der Waals surface area contributed by atoms with Crippen LogP contribution in [0.5, 0.6) is 17.2 Å². The van der Waals surface area contributed by atoms with Crippen molar-refractivity contribution < 1.29 is 19.0 Å². The number of nitrogens with zero attached hydrogens (tertiary/aromatic N) is 1. The standard InChI is InChI=1S/C18H21NO4/c1-19(12-14-5-4-6-17(11-14)22-3)18(20)13-23-16-9-7-15(21-2)8-10-16/h4-11H,12-13H2,1-3H3. The molecule has 0 radical (unpaired) electrons. The molecule has 2 aromatic carbocycles. The molecule has 0 aromatic heterocycles. The summed E-state index contributed by atoms with van der Waals surface area (Å²) in [5, 5.41) is 0. The van der Waals surface area contributed by atoms with Gasteiger partial charge < -0.3 is 19.1 Å². The molecule has 1 amide bonds. The number of methoxy groups -OCH3 is 2. The van der Waals surface area contributed by atoms with Crippen molar-refractivity contribution in [3.63, 3.8) is 0 Å². The lowest BCUT2D eigenvalue weighted by atomic mass is 10.2. The van der Waals surface area contributed by atoms with Crippen LogP contribution in [0.15, 0.2) is 48.5 Å². The van der Waals surface area contributed by atoms with E-state index in [1.54, 1.807) is 50.4 Å². The summed E-state index contributed by atoms with van der Waals surface area (Å²) in [6.07, 6.45) is 0. The Kier molecular flexibility index (Phi) is 5.86. The third-order valence-electron chi connectivity index (χ3n) is 3.40. The van der Waals surface area contributed by atoms with Crippen LogP contribution in [-0.4, -0.2) is 38.7 Å². The van der Waals surface area contributed by atoms with Gasteiger partial charge in [-0.25, -0.2) is 0 Å². The third-order valence-corrected chi connectivity index (χ3v) is 3.40. The molecule has 0 bridgehead atoms. The van der Waals surface area contributed by atoms with E-state index >= 15 is 0 Å². The number of carbonyl (C=O) groups is 1. The molecule has 0 atom stereocenters. The lowest BCUT2D eigenvalue weighted by Gasteiger charge is -2.18. The second-order valence-corrected chi connectivity index (χ2v) is 5.07. The summed E-state index contributed by atoms with van der Waals surface area (Å²) < 4.78 is 15.8. The zero-order chi connectivity index (χ0) is 16.7. The normalized spacial score (nSPS) is 10.0. The molecule has 2 rings (SSSR count). The van der Waals surface area contributed by atoms with Crippen LogP contribution in [0.4, 0.5) is 0 Å². The first-order valence-corrected chi connectivity index (χ1v) is 7.26. The summed E-state index contributed by atoms with van der Waals surface area (Å²) in [6, 6.07) is 14.8. The molecular formula is C18H21NO4. The van der Waals surface area contributed by atoms with Gasteiger partial charge in [-0.2, -0.15) is 0 Å². The van der Waals surface area contributed by atoms with Gasteiger partial charge in [-0.15, -0.1) is 0 Å². The Bertz CT molecular complexity index is 640. The highest BCUT2D eigenvalue weighted by molar-refractivity contribution is 5.77. The van der Waals surface area contributed by atoms with Gasteiger partial charge in [0.25, 0.3) is 5.91 Å². The first-order chi connectivity index (χ1) is 11.1. The molecule has 0 heterocycles. The van der Waals surface area contributed by atoms with Crippen LogP contribution >= 0.6 is 0 Å². The summed E-state index contributed by atoms with van der Waals surface area (Å²) in [4.78, 5) is 13.8. The van der Waals surface area contributed by atoms with Crippen LogP contribution < -0.4 is 14.2 Å². The fourth-order valence-electron chi connectivity index (χ4n) is 2.06. The Labute approximate surface area is 136 Å². The number of ether oxygens (including phenoxy) is 3. The van der Waals surface area contributed by atoms with E-state index in [9.17, 15) is 4.79 Å². The Hall–Kier alpha value is -2.69. The van der Waals surface area contributed by atoms with Gasteiger partial charge in [0, 0.05) is 13.6 Å². The maximum Gasteiger partial charge on any atom is 0.260 e. The SMILES string of the molecule is COc1ccc(OCC(=O)N(C)Cc2cccc(OC)c2)cc1. The molecule has 5 nitrogen and oxygen atoms in total. The summed E-state index contributed by atoms with van der Waals surface area (Å²) in [7, 11) is 4.97. The lowest BCUT2D eigenvalue weighted by molar-refractivity contribution is -0.132. The molecule has 0 fully saturated rings. The van der Waals surface area contributed by atoms with Crippen LogP contribution in [0, 0.1) is 0 Å². The van der Waals surface area contributed by atoms with Gasteiger partial charge >= 0.3 is 0 Å². The number of hydrogen-bond donors (Lipinski definition) is 0. The third kappa shape index (κ3) is 4.92. The minimum Gasteiger partial charge on any atom is -0.497 e. The highest BCUT2D eigenvalue weighted by Gasteiger charge is 2.10. The van der Waals surface area contributed by atoms with E-state index in [1.807, 2.05) is 24.3 Å². The van der Waals surface area contributed by atoms with Crippen molar-refractivity contribution in [2.75, 3.05) is 27.9 Å². The number of hydrogen-bond acceptors (Lipinski definition) is 4. The highest BCUT2D eigenvalue weighted by atomic mass is 16.5. The topological polar surface area (TPSA) is 48.0 Å². The van der Waals surface area contributed by atoms with Crippen molar-refractivity contribution in [1.82, 2.24) is 4.90 Å². The average molecular weight is 315 g/mol. The van der Waals surface area contributed by atoms with Crippen LogP contribution in [0.2, 0.25) is 0 Å². The first-order valence-electron chi connectivity index (χ1n) is 7.26. The maximum absolute atomic E-state index is 12.1. The monoisotopic (exact) mass is 315 g/mol. The smallest absolute Gasteiger partial charge is 0.260 e. The summed E-state index contributed by atoms with van der Waals surface area (Å²) in [5.74, 6) is 2.06. The fourth-order valence-corrected chi connectivity index (χ4v) is 2.06. The molecule has 0 saturated carbocycles. The zero-order valence-corrected chi connectivity index (χ0v) is 13.6. The first kappa shape index (κ1) is 16.7. The molecule has 122 valence electrons. The van der Waals surface area contributed by atoms with Gasteiger partial charge in [-0.3, -0.25) is 4.79 Å². The minimum absolute atomic E-state index is 0.00715. The highest BCUT2D eigenvalue weighted by Crippen LogP contribution is 2.17. The van der Waals surface area contributed by atoms with E-state index in [2.05, 4.69) is 0 Å². The molecule has 0 aliphatic rings. The second kappa shape index (κ2) is 8.08. The van der Waals surface area contributed by atoms with E-state index in [0.717, 1.165) is 17.1 Å². The van der Waals surface area contributed by atoms with Crippen molar-refractivity contribution in [2.24, 2.45) is 0 Å². The molecular weight excluding hydrogens is 294 g/mol. The minimum atomic E-state index is -0.0939. The molecule has 0 saturated heterocycles.